The molecule has 1 atom stereocenters. The monoisotopic (exact) mass is 382 g/mol. The number of hydrogen-bond acceptors (Lipinski definition) is 3. The number of rotatable bonds is 7. The summed E-state index contributed by atoms with van der Waals surface area (Å²) in [6.45, 7) is 4.59. The Kier molecular flexibility index (Phi) is 9.44. The molecule has 0 saturated carbocycles. The van der Waals surface area contributed by atoms with E-state index in [1.165, 1.54) is 0 Å². The van der Waals surface area contributed by atoms with E-state index in [-0.39, 0.29) is 30.8 Å². The molecule has 0 spiro atoms. The number of urea groups is 1. The zero-order valence-corrected chi connectivity index (χ0v) is 16.5. The molecule has 1 aromatic carbocycles. The SMILES string of the molecule is CNCCC1CCN(C(=O)CC(NC(N)=O)c2ccccc2C)CC1.Cl. The highest BCUT2D eigenvalue weighted by Crippen LogP contribution is 2.24. The molecule has 0 aliphatic carbocycles. The summed E-state index contributed by atoms with van der Waals surface area (Å²) in [5.41, 5.74) is 7.30. The number of nitrogens with zero attached hydrogens (tertiary/aromatic N) is 1. The molecule has 146 valence electrons. The van der Waals surface area contributed by atoms with Crippen LogP contribution in [0.4, 0.5) is 4.79 Å². The van der Waals surface area contributed by atoms with Crippen molar-refractivity contribution in [1.29, 1.82) is 0 Å². The van der Waals surface area contributed by atoms with Crippen LogP contribution in [-0.4, -0.2) is 43.5 Å². The molecule has 1 aromatic rings. The van der Waals surface area contributed by atoms with Crippen molar-refractivity contribution >= 4 is 24.3 Å². The van der Waals surface area contributed by atoms with E-state index < -0.39 is 6.03 Å². The Morgan fingerprint density at radius 3 is 2.50 bits per heavy atom. The third-order valence-corrected chi connectivity index (χ3v) is 5.03. The summed E-state index contributed by atoms with van der Waals surface area (Å²) >= 11 is 0. The minimum atomic E-state index is -0.605. The second-order valence-electron chi connectivity index (χ2n) is 6.84. The van der Waals surface area contributed by atoms with E-state index in [1.54, 1.807) is 0 Å². The van der Waals surface area contributed by atoms with E-state index in [4.69, 9.17) is 5.73 Å². The first-order valence-electron chi connectivity index (χ1n) is 9.05. The fourth-order valence-corrected chi connectivity index (χ4v) is 3.51. The lowest BCUT2D eigenvalue weighted by Gasteiger charge is -2.33. The van der Waals surface area contributed by atoms with Crippen molar-refractivity contribution in [3.63, 3.8) is 0 Å². The van der Waals surface area contributed by atoms with Crippen LogP contribution in [0, 0.1) is 12.8 Å². The number of hydrogen-bond donors (Lipinski definition) is 3. The van der Waals surface area contributed by atoms with E-state index in [9.17, 15) is 9.59 Å². The molecule has 1 fully saturated rings. The van der Waals surface area contributed by atoms with Crippen molar-refractivity contribution in [2.45, 2.75) is 38.6 Å². The number of likely N-dealkylation sites (tertiary alicyclic amines) is 1. The molecule has 4 N–H and O–H groups in total. The lowest BCUT2D eigenvalue weighted by molar-refractivity contribution is -0.133. The summed E-state index contributed by atoms with van der Waals surface area (Å²) < 4.78 is 0. The van der Waals surface area contributed by atoms with Crippen LogP contribution in [0.25, 0.3) is 0 Å². The second-order valence-corrected chi connectivity index (χ2v) is 6.84. The van der Waals surface area contributed by atoms with Gasteiger partial charge in [-0.25, -0.2) is 4.79 Å². The van der Waals surface area contributed by atoms with Gasteiger partial charge in [-0.05, 0) is 56.8 Å². The van der Waals surface area contributed by atoms with Gasteiger partial charge in [-0.15, -0.1) is 12.4 Å². The van der Waals surface area contributed by atoms with Crippen LogP contribution in [0.1, 0.15) is 42.9 Å². The van der Waals surface area contributed by atoms with Gasteiger partial charge in [-0.2, -0.15) is 0 Å². The van der Waals surface area contributed by atoms with Gasteiger partial charge in [0.15, 0.2) is 0 Å². The Hall–Kier alpha value is -1.79. The van der Waals surface area contributed by atoms with Crippen molar-refractivity contribution in [2.24, 2.45) is 11.7 Å². The fourth-order valence-electron chi connectivity index (χ4n) is 3.51. The molecule has 0 bridgehead atoms. The first kappa shape index (κ1) is 22.3. The van der Waals surface area contributed by atoms with Gasteiger partial charge in [0, 0.05) is 13.1 Å². The van der Waals surface area contributed by atoms with Gasteiger partial charge in [0.1, 0.15) is 0 Å². The van der Waals surface area contributed by atoms with Crippen molar-refractivity contribution in [2.75, 3.05) is 26.7 Å². The molecule has 26 heavy (non-hydrogen) atoms. The first-order chi connectivity index (χ1) is 12.0. The van der Waals surface area contributed by atoms with Gasteiger partial charge < -0.3 is 21.3 Å². The number of benzene rings is 1. The molecule has 1 unspecified atom stereocenters. The van der Waals surface area contributed by atoms with Gasteiger partial charge in [0.25, 0.3) is 0 Å². The number of carbonyl (C=O) groups is 2. The second kappa shape index (κ2) is 11.0. The predicted molar refractivity (Wildman–Crippen MR) is 106 cm³/mol. The molecular formula is C19H31ClN4O2. The van der Waals surface area contributed by atoms with Crippen molar-refractivity contribution in [1.82, 2.24) is 15.5 Å². The summed E-state index contributed by atoms with van der Waals surface area (Å²) in [6, 6.07) is 6.78. The largest absolute Gasteiger partial charge is 0.352 e. The minimum absolute atomic E-state index is 0. The van der Waals surface area contributed by atoms with Gasteiger partial charge in [-0.1, -0.05) is 24.3 Å². The maximum Gasteiger partial charge on any atom is 0.312 e. The summed E-state index contributed by atoms with van der Waals surface area (Å²) in [7, 11) is 1.97. The summed E-state index contributed by atoms with van der Waals surface area (Å²) in [5, 5.41) is 5.91. The number of primary amides is 1. The standard InChI is InChI=1S/C19H30N4O2.ClH/c1-14-5-3-4-6-16(14)17(22-19(20)25)13-18(24)23-11-8-15(9-12-23)7-10-21-2;/h3-6,15,17,21H,7-13H2,1-2H3,(H3,20,22,25);1H. The maximum atomic E-state index is 12.7. The number of nitrogens with one attached hydrogen (secondary N) is 2. The molecule has 2 rings (SSSR count). The first-order valence-corrected chi connectivity index (χ1v) is 9.05. The van der Waals surface area contributed by atoms with Crippen molar-refractivity contribution < 1.29 is 9.59 Å². The van der Waals surface area contributed by atoms with Crippen LogP contribution in [0.15, 0.2) is 24.3 Å². The molecular weight excluding hydrogens is 352 g/mol. The van der Waals surface area contributed by atoms with Crippen LogP contribution in [0.2, 0.25) is 0 Å². The van der Waals surface area contributed by atoms with Gasteiger partial charge in [0.2, 0.25) is 5.91 Å². The Labute approximate surface area is 162 Å². The lowest BCUT2D eigenvalue weighted by Crippen LogP contribution is -2.42. The number of halogens is 1. The van der Waals surface area contributed by atoms with E-state index in [0.29, 0.717) is 5.92 Å². The quantitative estimate of drug-likeness (QED) is 0.676. The highest BCUT2D eigenvalue weighted by molar-refractivity contribution is 5.85. The number of amides is 3. The molecule has 1 saturated heterocycles. The Morgan fingerprint density at radius 2 is 1.92 bits per heavy atom. The van der Waals surface area contributed by atoms with E-state index in [2.05, 4.69) is 10.6 Å². The third-order valence-electron chi connectivity index (χ3n) is 5.03. The maximum absolute atomic E-state index is 12.7. The van der Waals surface area contributed by atoms with Crippen molar-refractivity contribution in [3.05, 3.63) is 35.4 Å². The van der Waals surface area contributed by atoms with Gasteiger partial charge >= 0.3 is 6.03 Å². The summed E-state index contributed by atoms with van der Waals surface area (Å²) in [5.74, 6) is 0.765. The molecule has 1 heterocycles. The van der Waals surface area contributed by atoms with E-state index in [0.717, 1.165) is 50.0 Å². The Bertz CT molecular complexity index is 589. The van der Waals surface area contributed by atoms with Crippen LogP contribution in [0.5, 0.6) is 0 Å². The number of nitrogens with two attached hydrogens (primary N) is 1. The number of piperidine rings is 1. The average Bonchev–Trinajstić information content (AvgIpc) is 2.60. The smallest absolute Gasteiger partial charge is 0.312 e. The van der Waals surface area contributed by atoms with Crippen LogP contribution >= 0.6 is 12.4 Å². The number of aryl methyl sites for hydroxylation is 1. The van der Waals surface area contributed by atoms with Crippen LogP contribution in [-0.2, 0) is 4.79 Å². The predicted octanol–water partition coefficient (Wildman–Crippen LogP) is 2.36. The molecule has 0 aromatic heterocycles. The Morgan fingerprint density at radius 1 is 1.27 bits per heavy atom. The van der Waals surface area contributed by atoms with Crippen LogP contribution < -0.4 is 16.4 Å². The van der Waals surface area contributed by atoms with E-state index >= 15 is 0 Å². The summed E-state index contributed by atoms with van der Waals surface area (Å²) in [4.78, 5) is 26.0. The zero-order valence-electron chi connectivity index (χ0n) is 15.7. The van der Waals surface area contributed by atoms with Crippen molar-refractivity contribution in [3.8, 4) is 0 Å². The topological polar surface area (TPSA) is 87.5 Å². The number of carbonyl (C=O) groups excluding carboxylic acids is 2. The highest BCUT2D eigenvalue weighted by atomic mass is 35.5. The zero-order chi connectivity index (χ0) is 18.2. The average molecular weight is 383 g/mol. The molecule has 1 aliphatic heterocycles. The highest BCUT2D eigenvalue weighted by Gasteiger charge is 2.26. The van der Waals surface area contributed by atoms with Crippen LogP contribution in [0.3, 0.4) is 0 Å². The molecule has 0 radical (unpaired) electrons. The van der Waals surface area contributed by atoms with Gasteiger partial charge in [-0.3, -0.25) is 4.79 Å². The molecule has 6 nitrogen and oxygen atoms in total. The molecule has 3 amide bonds. The fraction of sp³-hybridized carbons (Fsp3) is 0.579. The Balaban J connectivity index is 0.00000338. The van der Waals surface area contributed by atoms with Gasteiger partial charge in [0.05, 0.1) is 12.5 Å². The summed E-state index contributed by atoms with van der Waals surface area (Å²) in [6.07, 6.45) is 3.50. The minimum Gasteiger partial charge on any atom is -0.352 e. The normalized spacial score (nSPS) is 15.8. The molecule has 7 heteroatoms. The molecule has 1 aliphatic rings. The lowest BCUT2D eigenvalue weighted by atomic mass is 9.92. The van der Waals surface area contributed by atoms with E-state index in [1.807, 2.05) is 43.1 Å². The third kappa shape index (κ3) is 6.50.